The van der Waals surface area contributed by atoms with Crippen LogP contribution in [-0.2, 0) is 17.6 Å². The van der Waals surface area contributed by atoms with Crippen LogP contribution in [0.5, 0.6) is 11.5 Å². The van der Waals surface area contributed by atoms with E-state index in [9.17, 15) is 9.90 Å². The van der Waals surface area contributed by atoms with Crippen LogP contribution in [-0.4, -0.2) is 24.7 Å². The van der Waals surface area contributed by atoms with Crippen LogP contribution < -0.4 is 10.1 Å². The Bertz CT molecular complexity index is 625. The SMILES string of the molecule is COc1ccccc1CCNC(=O)CCc1ccccc1O. The summed E-state index contributed by atoms with van der Waals surface area (Å²) in [4.78, 5) is 11.8. The fraction of sp³-hybridized carbons (Fsp3) is 0.278. The van der Waals surface area contributed by atoms with Crippen molar-refractivity contribution in [2.24, 2.45) is 0 Å². The Morgan fingerprint density at radius 1 is 1.05 bits per heavy atom. The quantitative estimate of drug-likeness (QED) is 0.826. The van der Waals surface area contributed by atoms with Gasteiger partial charge < -0.3 is 15.2 Å². The van der Waals surface area contributed by atoms with Crippen molar-refractivity contribution in [3.63, 3.8) is 0 Å². The average Bonchev–Trinajstić information content (AvgIpc) is 2.54. The number of benzene rings is 2. The lowest BCUT2D eigenvalue weighted by Gasteiger charge is -2.09. The average molecular weight is 299 g/mol. The van der Waals surface area contributed by atoms with Gasteiger partial charge in [-0.05, 0) is 36.1 Å². The monoisotopic (exact) mass is 299 g/mol. The highest BCUT2D eigenvalue weighted by Gasteiger charge is 2.06. The zero-order valence-corrected chi connectivity index (χ0v) is 12.7. The van der Waals surface area contributed by atoms with Crippen molar-refractivity contribution >= 4 is 5.91 Å². The molecule has 2 rings (SSSR count). The molecule has 2 N–H and O–H groups in total. The minimum absolute atomic E-state index is 0.0156. The van der Waals surface area contributed by atoms with Crippen LogP contribution in [0.3, 0.4) is 0 Å². The van der Waals surface area contributed by atoms with Gasteiger partial charge in [0.2, 0.25) is 5.91 Å². The van der Waals surface area contributed by atoms with Gasteiger partial charge in [0.25, 0.3) is 0 Å². The van der Waals surface area contributed by atoms with Gasteiger partial charge in [-0.15, -0.1) is 0 Å². The molecule has 0 spiro atoms. The Morgan fingerprint density at radius 2 is 1.73 bits per heavy atom. The molecule has 4 heteroatoms. The van der Waals surface area contributed by atoms with Crippen LogP contribution in [0.1, 0.15) is 17.5 Å². The van der Waals surface area contributed by atoms with E-state index in [1.54, 1.807) is 19.2 Å². The van der Waals surface area contributed by atoms with Gasteiger partial charge in [0.15, 0.2) is 0 Å². The number of para-hydroxylation sites is 2. The highest BCUT2D eigenvalue weighted by Crippen LogP contribution is 2.18. The Labute approximate surface area is 130 Å². The number of nitrogens with one attached hydrogen (secondary N) is 1. The molecular weight excluding hydrogens is 278 g/mol. The molecule has 0 aliphatic rings. The Morgan fingerprint density at radius 3 is 2.45 bits per heavy atom. The summed E-state index contributed by atoms with van der Waals surface area (Å²) in [5.41, 5.74) is 1.87. The third-order valence-corrected chi connectivity index (χ3v) is 3.52. The number of ether oxygens (including phenoxy) is 1. The number of aryl methyl sites for hydroxylation is 1. The fourth-order valence-corrected chi connectivity index (χ4v) is 2.30. The number of hydrogen-bond donors (Lipinski definition) is 2. The zero-order chi connectivity index (χ0) is 15.8. The van der Waals surface area contributed by atoms with E-state index in [1.165, 1.54) is 0 Å². The summed E-state index contributed by atoms with van der Waals surface area (Å²) in [6, 6.07) is 14.9. The van der Waals surface area contributed by atoms with Crippen LogP contribution in [0.4, 0.5) is 0 Å². The molecule has 4 nitrogen and oxygen atoms in total. The predicted octanol–water partition coefficient (Wildman–Crippen LogP) is 2.69. The number of amides is 1. The van der Waals surface area contributed by atoms with E-state index in [-0.39, 0.29) is 11.7 Å². The lowest BCUT2D eigenvalue weighted by atomic mass is 10.1. The molecule has 0 aliphatic heterocycles. The molecule has 0 saturated heterocycles. The first-order valence-electron chi connectivity index (χ1n) is 7.36. The molecule has 1 amide bonds. The molecule has 0 fully saturated rings. The molecule has 116 valence electrons. The maximum atomic E-state index is 11.8. The number of aromatic hydroxyl groups is 1. The number of hydrogen-bond acceptors (Lipinski definition) is 3. The van der Waals surface area contributed by atoms with Crippen LogP contribution in [0.15, 0.2) is 48.5 Å². The summed E-state index contributed by atoms with van der Waals surface area (Å²) in [7, 11) is 1.64. The van der Waals surface area contributed by atoms with Crippen molar-refractivity contribution < 1.29 is 14.6 Å². The van der Waals surface area contributed by atoms with E-state index >= 15 is 0 Å². The summed E-state index contributed by atoms with van der Waals surface area (Å²) >= 11 is 0. The summed E-state index contributed by atoms with van der Waals surface area (Å²) in [6.07, 6.45) is 1.63. The second kappa shape index (κ2) is 8.08. The van der Waals surface area contributed by atoms with Crippen molar-refractivity contribution in [2.45, 2.75) is 19.3 Å². The number of phenols is 1. The molecule has 2 aromatic rings. The molecule has 0 unspecified atom stereocenters. The van der Waals surface area contributed by atoms with Gasteiger partial charge in [0.05, 0.1) is 7.11 Å². The first kappa shape index (κ1) is 15.9. The van der Waals surface area contributed by atoms with Gasteiger partial charge in [-0.1, -0.05) is 36.4 Å². The van der Waals surface area contributed by atoms with E-state index in [2.05, 4.69) is 5.32 Å². The highest BCUT2D eigenvalue weighted by atomic mass is 16.5. The standard InChI is InChI=1S/C18H21NO3/c1-22-17-9-5-3-7-15(17)12-13-19-18(21)11-10-14-6-2-4-8-16(14)20/h2-9,20H,10-13H2,1H3,(H,19,21). The van der Waals surface area contributed by atoms with Crippen LogP contribution in [0.2, 0.25) is 0 Å². The number of methoxy groups -OCH3 is 1. The fourth-order valence-electron chi connectivity index (χ4n) is 2.30. The Balaban J connectivity index is 1.75. The van der Waals surface area contributed by atoms with E-state index in [1.807, 2.05) is 36.4 Å². The lowest BCUT2D eigenvalue weighted by molar-refractivity contribution is -0.121. The molecule has 2 aromatic carbocycles. The van der Waals surface area contributed by atoms with Gasteiger partial charge >= 0.3 is 0 Å². The topological polar surface area (TPSA) is 58.6 Å². The number of rotatable bonds is 7. The van der Waals surface area contributed by atoms with Gasteiger partial charge in [0.1, 0.15) is 11.5 Å². The minimum atomic E-state index is -0.0156. The highest BCUT2D eigenvalue weighted by molar-refractivity contribution is 5.76. The molecule has 0 heterocycles. The first-order valence-corrected chi connectivity index (χ1v) is 7.36. The smallest absolute Gasteiger partial charge is 0.220 e. The summed E-state index contributed by atoms with van der Waals surface area (Å²) in [5.74, 6) is 1.06. The van der Waals surface area contributed by atoms with Gasteiger partial charge in [-0.2, -0.15) is 0 Å². The molecule has 0 radical (unpaired) electrons. The number of phenolic OH excluding ortho intramolecular Hbond substituents is 1. The molecular formula is C18H21NO3. The van der Waals surface area contributed by atoms with E-state index in [0.29, 0.717) is 19.4 Å². The van der Waals surface area contributed by atoms with Crippen molar-refractivity contribution in [1.29, 1.82) is 0 Å². The second-order valence-corrected chi connectivity index (χ2v) is 5.04. The Kier molecular flexibility index (Phi) is 5.83. The van der Waals surface area contributed by atoms with E-state index in [4.69, 9.17) is 4.74 Å². The number of carbonyl (C=O) groups excluding carboxylic acids is 1. The minimum Gasteiger partial charge on any atom is -0.508 e. The third-order valence-electron chi connectivity index (χ3n) is 3.52. The van der Waals surface area contributed by atoms with Crippen LogP contribution in [0.25, 0.3) is 0 Å². The zero-order valence-electron chi connectivity index (χ0n) is 12.7. The molecule has 22 heavy (non-hydrogen) atoms. The third kappa shape index (κ3) is 4.52. The number of carbonyl (C=O) groups is 1. The maximum absolute atomic E-state index is 11.8. The maximum Gasteiger partial charge on any atom is 0.220 e. The van der Waals surface area contributed by atoms with Crippen molar-refractivity contribution in [3.8, 4) is 11.5 Å². The molecule has 0 bridgehead atoms. The van der Waals surface area contributed by atoms with E-state index < -0.39 is 0 Å². The normalized spacial score (nSPS) is 10.2. The lowest BCUT2D eigenvalue weighted by Crippen LogP contribution is -2.26. The largest absolute Gasteiger partial charge is 0.508 e. The van der Waals surface area contributed by atoms with Crippen LogP contribution >= 0.6 is 0 Å². The second-order valence-electron chi connectivity index (χ2n) is 5.04. The Hall–Kier alpha value is -2.49. The van der Waals surface area contributed by atoms with Crippen molar-refractivity contribution in [2.75, 3.05) is 13.7 Å². The summed E-state index contributed by atoms with van der Waals surface area (Å²) in [5, 5.41) is 12.6. The predicted molar refractivity (Wildman–Crippen MR) is 86.1 cm³/mol. The van der Waals surface area contributed by atoms with Gasteiger partial charge in [-0.25, -0.2) is 0 Å². The molecule has 0 atom stereocenters. The van der Waals surface area contributed by atoms with Crippen LogP contribution in [0, 0.1) is 0 Å². The van der Waals surface area contributed by atoms with Gasteiger partial charge in [0, 0.05) is 13.0 Å². The molecule has 0 aromatic heterocycles. The van der Waals surface area contributed by atoms with E-state index in [0.717, 1.165) is 23.3 Å². The summed E-state index contributed by atoms with van der Waals surface area (Å²) in [6.45, 7) is 0.569. The first-order chi connectivity index (χ1) is 10.7. The van der Waals surface area contributed by atoms with Crippen molar-refractivity contribution in [1.82, 2.24) is 5.32 Å². The summed E-state index contributed by atoms with van der Waals surface area (Å²) < 4.78 is 5.28. The molecule has 0 aliphatic carbocycles. The van der Waals surface area contributed by atoms with Gasteiger partial charge in [-0.3, -0.25) is 4.79 Å². The molecule has 0 saturated carbocycles. The van der Waals surface area contributed by atoms with Crippen molar-refractivity contribution in [3.05, 3.63) is 59.7 Å².